The van der Waals surface area contributed by atoms with Crippen molar-refractivity contribution in [3.05, 3.63) is 11.6 Å². The number of nitrogens with zero attached hydrogens (tertiary/aromatic N) is 1. The Morgan fingerprint density at radius 3 is 2.38 bits per heavy atom. The van der Waals surface area contributed by atoms with Gasteiger partial charge in [-0.15, -0.1) is 0 Å². The zero-order valence-corrected chi connectivity index (χ0v) is 13.9. The Kier molecular flexibility index (Phi) is 5.04. The number of carbonyl (C=O) groups excluding carboxylic acids is 2. The predicted molar refractivity (Wildman–Crippen MR) is 77.7 cm³/mol. The van der Waals surface area contributed by atoms with Crippen molar-refractivity contribution >= 4 is 12.1 Å². The summed E-state index contributed by atoms with van der Waals surface area (Å²) in [7, 11) is 1.32. The van der Waals surface area contributed by atoms with E-state index < -0.39 is 23.4 Å². The molecule has 0 N–H and O–H groups in total. The standard InChI is InChI=1S/C15H25NO5/c1-10(12(17)19-7)8-11-9-20-15(5,6)16(11)13(18)21-14(2,3)4/h8,11H,9H2,1-7H3/b10-8+/t11-/m0/s1. The molecule has 0 radical (unpaired) electrons. The minimum atomic E-state index is -0.792. The third-order valence-electron chi connectivity index (χ3n) is 3.06. The van der Waals surface area contributed by atoms with Gasteiger partial charge in [-0.3, -0.25) is 4.90 Å². The van der Waals surface area contributed by atoms with Gasteiger partial charge >= 0.3 is 12.1 Å². The molecule has 6 nitrogen and oxygen atoms in total. The van der Waals surface area contributed by atoms with Gasteiger partial charge in [-0.05, 0) is 47.6 Å². The van der Waals surface area contributed by atoms with Gasteiger partial charge in [0.1, 0.15) is 11.3 Å². The van der Waals surface area contributed by atoms with Gasteiger partial charge in [0.05, 0.1) is 19.8 Å². The molecule has 21 heavy (non-hydrogen) atoms. The Labute approximate surface area is 126 Å². The fraction of sp³-hybridized carbons (Fsp3) is 0.733. The van der Waals surface area contributed by atoms with Gasteiger partial charge in [0.2, 0.25) is 0 Å². The van der Waals surface area contributed by atoms with Crippen molar-refractivity contribution in [2.24, 2.45) is 0 Å². The second-order valence-corrected chi connectivity index (χ2v) is 6.52. The monoisotopic (exact) mass is 299 g/mol. The van der Waals surface area contributed by atoms with Crippen molar-refractivity contribution in [3.63, 3.8) is 0 Å². The van der Waals surface area contributed by atoms with Crippen LogP contribution >= 0.6 is 0 Å². The smallest absolute Gasteiger partial charge is 0.413 e. The van der Waals surface area contributed by atoms with Crippen LogP contribution < -0.4 is 0 Å². The highest BCUT2D eigenvalue weighted by molar-refractivity contribution is 5.87. The van der Waals surface area contributed by atoms with E-state index in [9.17, 15) is 9.59 Å². The van der Waals surface area contributed by atoms with Crippen LogP contribution in [0.25, 0.3) is 0 Å². The lowest BCUT2D eigenvalue weighted by Gasteiger charge is -2.34. The van der Waals surface area contributed by atoms with E-state index in [1.807, 2.05) is 0 Å². The first kappa shape index (κ1) is 17.5. The zero-order chi connectivity index (χ0) is 16.4. The molecule has 1 heterocycles. The van der Waals surface area contributed by atoms with Gasteiger partial charge in [-0.1, -0.05) is 0 Å². The first-order valence-electron chi connectivity index (χ1n) is 6.91. The van der Waals surface area contributed by atoms with E-state index in [-0.39, 0.29) is 6.04 Å². The molecular formula is C15H25NO5. The van der Waals surface area contributed by atoms with Crippen LogP contribution in [0.1, 0.15) is 41.5 Å². The number of ether oxygens (including phenoxy) is 3. The topological polar surface area (TPSA) is 65.1 Å². The van der Waals surface area contributed by atoms with Crippen LogP contribution in [-0.2, 0) is 19.0 Å². The molecule has 1 atom stereocenters. The summed E-state index contributed by atoms with van der Waals surface area (Å²) in [6, 6.07) is -0.367. The van der Waals surface area contributed by atoms with Crippen LogP contribution in [0.2, 0.25) is 0 Å². The Bertz CT molecular complexity index is 447. The molecule has 0 aromatic rings. The molecule has 1 amide bonds. The fourth-order valence-electron chi connectivity index (χ4n) is 2.14. The SMILES string of the molecule is COC(=O)/C(C)=C/[C@H]1COC(C)(C)N1C(=O)OC(C)(C)C. The van der Waals surface area contributed by atoms with Crippen LogP contribution in [0.15, 0.2) is 11.6 Å². The van der Waals surface area contributed by atoms with Crippen molar-refractivity contribution in [1.82, 2.24) is 4.90 Å². The number of amides is 1. The Morgan fingerprint density at radius 2 is 1.90 bits per heavy atom. The summed E-state index contributed by atoms with van der Waals surface area (Å²) in [5.74, 6) is -0.427. The zero-order valence-electron chi connectivity index (χ0n) is 13.9. The summed E-state index contributed by atoms with van der Waals surface area (Å²) in [5, 5.41) is 0. The first-order valence-corrected chi connectivity index (χ1v) is 6.91. The molecule has 1 aliphatic heterocycles. The van der Waals surface area contributed by atoms with Gasteiger partial charge in [-0.2, -0.15) is 0 Å². The third kappa shape index (κ3) is 4.46. The lowest BCUT2D eigenvalue weighted by molar-refractivity contribution is -0.136. The molecule has 1 fully saturated rings. The highest BCUT2D eigenvalue weighted by Crippen LogP contribution is 2.30. The summed E-state index contributed by atoms with van der Waals surface area (Å²) >= 11 is 0. The van der Waals surface area contributed by atoms with Crippen molar-refractivity contribution in [3.8, 4) is 0 Å². The van der Waals surface area contributed by atoms with Crippen molar-refractivity contribution in [2.45, 2.75) is 58.9 Å². The molecule has 0 aromatic heterocycles. The van der Waals surface area contributed by atoms with E-state index in [2.05, 4.69) is 4.74 Å². The Morgan fingerprint density at radius 1 is 1.33 bits per heavy atom. The minimum Gasteiger partial charge on any atom is -0.466 e. The summed E-state index contributed by atoms with van der Waals surface area (Å²) in [5.41, 5.74) is -0.959. The number of esters is 1. The lowest BCUT2D eigenvalue weighted by Crippen LogP contribution is -2.49. The summed E-state index contributed by atoms with van der Waals surface area (Å²) in [6.07, 6.45) is 1.20. The normalized spacial score (nSPS) is 22.1. The summed E-state index contributed by atoms with van der Waals surface area (Å²) in [4.78, 5) is 25.4. The van der Waals surface area contributed by atoms with Crippen LogP contribution in [-0.4, -0.2) is 48.0 Å². The maximum absolute atomic E-state index is 12.4. The highest BCUT2D eigenvalue weighted by atomic mass is 16.6. The predicted octanol–water partition coefficient (Wildman–Crippen LogP) is 2.48. The Hall–Kier alpha value is -1.56. The molecule has 1 aliphatic rings. The lowest BCUT2D eigenvalue weighted by atomic mass is 10.1. The van der Waals surface area contributed by atoms with Gasteiger partial charge in [0, 0.05) is 5.57 Å². The largest absolute Gasteiger partial charge is 0.466 e. The number of hydrogen-bond acceptors (Lipinski definition) is 5. The Balaban J connectivity index is 3.00. The van der Waals surface area contributed by atoms with E-state index in [4.69, 9.17) is 9.47 Å². The quantitative estimate of drug-likeness (QED) is 0.579. The fourth-order valence-corrected chi connectivity index (χ4v) is 2.14. The highest BCUT2D eigenvalue weighted by Gasteiger charge is 2.45. The first-order chi connectivity index (χ1) is 9.48. The molecule has 0 spiro atoms. The molecule has 1 rings (SSSR count). The van der Waals surface area contributed by atoms with Crippen molar-refractivity contribution in [2.75, 3.05) is 13.7 Å². The summed E-state index contributed by atoms with van der Waals surface area (Å²) in [6.45, 7) is 10.9. The number of rotatable bonds is 2. The molecule has 0 unspecified atom stereocenters. The van der Waals surface area contributed by atoms with E-state index in [0.29, 0.717) is 12.2 Å². The van der Waals surface area contributed by atoms with Crippen molar-refractivity contribution in [1.29, 1.82) is 0 Å². The molecule has 1 saturated heterocycles. The van der Waals surface area contributed by atoms with E-state index in [1.54, 1.807) is 47.6 Å². The van der Waals surface area contributed by atoms with E-state index in [0.717, 1.165) is 0 Å². The van der Waals surface area contributed by atoms with Gasteiger partial charge < -0.3 is 14.2 Å². The van der Waals surface area contributed by atoms with Crippen LogP contribution in [0, 0.1) is 0 Å². The van der Waals surface area contributed by atoms with E-state index >= 15 is 0 Å². The molecule has 0 aliphatic carbocycles. The van der Waals surface area contributed by atoms with Gasteiger partial charge in [-0.25, -0.2) is 9.59 Å². The number of hydrogen-bond donors (Lipinski definition) is 0. The maximum Gasteiger partial charge on any atom is 0.413 e. The second kappa shape index (κ2) is 6.05. The maximum atomic E-state index is 12.4. The number of methoxy groups -OCH3 is 1. The average Bonchev–Trinajstić information content (AvgIpc) is 2.61. The van der Waals surface area contributed by atoms with Crippen molar-refractivity contribution < 1.29 is 23.8 Å². The minimum absolute atomic E-state index is 0.306. The van der Waals surface area contributed by atoms with E-state index in [1.165, 1.54) is 12.0 Å². The average molecular weight is 299 g/mol. The molecule has 120 valence electrons. The van der Waals surface area contributed by atoms with Crippen LogP contribution in [0.5, 0.6) is 0 Å². The number of carbonyl (C=O) groups is 2. The second-order valence-electron chi connectivity index (χ2n) is 6.52. The molecular weight excluding hydrogens is 274 g/mol. The molecule has 6 heteroatoms. The summed E-state index contributed by atoms with van der Waals surface area (Å²) < 4.78 is 15.7. The van der Waals surface area contributed by atoms with Crippen LogP contribution in [0.3, 0.4) is 0 Å². The van der Waals surface area contributed by atoms with Gasteiger partial charge in [0.25, 0.3) is 0 Å². The molecule has 0 aromatic carbocycles. The molecule has 0 bridgehead atoms. The van der Waals surface area contributed by atoms with Crippen LogP contribution in [0.4, 0.5) is 4.79 Å². The third-order valence-corrected chi connectivity index (χ3v) is 3.06. The van der Waals surface area contributed by atoms with Gasteiger partial charge in [0.15, 0.2) is 0 Å². The molecule has 0 saturated carbocycles.